The van der Waals surface area contributed by atoms with E-state index in [9.17, 15) is 9.59 Å². The number of para-hydroxylation sites is 2. The Labute approximate surface area is 197 Å². The minimum absolute atomic E-state index is 0.190. The second-order valence-electron chi connectivity index (χ2n) is 7.73. The number of carbonyl (C=O) groups is 2. The molecular formula is C28H33N3O2. The second kappa shape index (κ2) is 11.9. The lowest BCUT2D eigenvalue weighted by Crippen LogP contribution is -2.38. The molecule has 172 valence electrons. The number of rotatable bonds is 8. The summed E-state index contributed by atoms with van der Waals surface area (Å²) in [4.78, 5) is 30.5. The maximum Gasteiger partial charge on any atom is 0.261 e. The van der Waals surface area contributed by atoms with Gasteiger partial charge in [0.15, 0.2) is 0 Å². The first-order valence-corrected chi connectivity index (χ1v) is 11.7. The van der Waals surface area contributed by atoms with Crippen molar-refractivity contribution in [2.75, 3.05) is 42.5 Å². The van der Waals surface area contributed by atoms with Gasteiger partial charge in [-0.3, -0.25) is 14.5 Å². The normalized spacial score (nSPS) is 12.2. The molecule has 3 aromatic rings. The molecule has 4 rings (SSSR count). The number of carbonyl (C=O) groups excluding carboxylic acids is 2. The Morgan fingerprint density at radius 1 is 0.576 bits per heavy atom. The fourth-order valence-electron chi connectivity index (χ4n) is 4.00. The van der Waals surface area contributed by atoms with Gasteiger partial charge in [0.05, 0.1) is 11.1 Å². The molecule has 2 amide bonds. The van der Waals surface area contributed by atoms with Crippen molar-refractivity contribution in [2.24, 2.45) is 0 Å². The first-order chi connectivity index (χ1) is 16.1. The molecule has 33 heavy (non-hydrogen) atoms. The molecule has 0 saturated carbocycles. The molecule has 0 aromatic heterocycles. The number of imide groups is 1. The van der Waals surface area contributed by atoms with E-state index in [0.717, 1.165) is 25.3 Å². The van der Waals surface area contributed by atoms with Crippen LogP contribution in [0.3, 0.4) is 0 Å². The molecule has 5 nitrogen and oxygen atoms in total. The Morgan fingerprint density at radius 3 is 1.39 bits per heavy atom. The summed E-state index contributed by atoms with van der Waals surface area (Å²) < 4.78 is 0. The van der Waals surface area contributed by atoms with Gasteiger partial charge in [-0.2, -0.15) is 0 Å². The Bertz CT molecular complexity index is 998. The maximum atomic E-state index is 12.3. The molecule has 1 aliphatic rings. The van der Waals surface area contributed by atoms with Crippen molar-refractivity contribution < 1.29 is 9.59 Å². The van der Waals surface area contributed by atoms with Crippen molar-refractivity contribution >= 4 is 23.2 Å². The number of fused-ring (bicyclic) bond motifs is 1. The average molecular weight is 444 g/mol. The van der Waals surface area contributed by atoms with Crippen LogP contribution < -0.4 is 9.80 Å². The summed E-state index contributed by atoms with van der Waals surface area (Å²) in [5.41, 5.74) is 3.43. The summed E-state index contributed by atoms with van der Waals surface area (Å²) in [5.74, 6) is -0.380. The Morgan fingerprint density at radius 2 is 0.970 bits per heavy atom. The molecule has 0 saturated heterocycles. The summed E-state index contributed by atoms with van der Waals surface area (Å²) in [6, 6.07) is 27.5. The zero-order valence-corrected chi connectivity index (χ0v) is 19.8. The van der Waals surface area contributed by atoms with Crippen molar-refractivity contribution in [1.82, 2.24) is 4.90 Å². The van der Waals surface area contributed by atoms with E-state index in [0.29, 0.717) is 24.2 Å². The predicted molar refractivity (Wildman–Crippen MR) is 136 cm³/mol. The minimum Gasteiger partial charge on any atom is -0.372 e. The van der Waals surface area contributed by atoms with Crippen molar-refractivity contribution in [1.29, 1.82) is 0 Å². The molecule has 3 aromatic carbocycles. The SMILES string of the molecule is CCN(CC)c1ccccc1.CCN(CCN1C(=O)c2ccccc2C1=O)c1ccccc1. The molecule has 1 aliphatic heterocycles. The fourth-order valence-corrected chi connectivity index (χ4v) is 4.00. The lowest BCUT2D eigenvalue weighted by atomic mass is 10.1. The number of amides is 2. The van der Waals surface area contributed by atoms with E-state index in [4.69, 9.17) is 0 Å². The van der Waals surface area contributed by atoms with Gasteiger partial charge in [-0.25, -0.2) is 0 Å². The van der Waals surface area contributed by atoms with Crippen LogP contribution in [0.2, 0.25) is 0 Å². The monoisotopic (exact) mass is 443 g/mol. The quantitative estimate of drug-likeness (QED) is 0.441. The molecule has 0 N–H and O–H groups in total. The van der Waals surface area contributed by atoms with Gasteiger partial charge in [-0.05, 0) is 57.2 Å². The van der Waals surface area contributed by atoms with Crippen LogP contribution in [0.5, 0.6) is 0 Å². The summed E-state index contributed by atoms with van der Waals surface area (Å²) in [7, 11) is 0. The highest BCUT2D eigenvalue weighted by Gasteiger charge is 2.34. The molecule has 0 fully saturated rings. The van der Waals surface area contributed by atoms with Gasteiger partial charge in [-0.1, -0.05) is 48.5 Å². The largest absolute Gasteiger partial charge is 0.372 e. The molecule has 1 heterocycles. The smallest absolute Gasteiger partial charge is 0.261 e. The number of anilines is 2. The molecule has 5 heteroatoms. The fraction of sp³-hybridized carbons (Fsp3) is 0.286. The summed E-state index contributed by atoms with van der Waals surface area (Å²) in [6.07, 6.45) is 0. The average Bonchev–Trinajstić information content (AvgIpc) is 3.12. The summed E-state index contributed by atoms with van der Waals surface area (Å²) >= 11 is 0. The highest BCUT2D eigenvalue weighted by molar-refractivity contribution is 6.21. The van der Waals surface area contributed by atoms with Crippen molar-refractivity contribution in [2.45, 2.75) is 20.8 Å². The number of likely N-dealkylation sites (N-methyl/N-ethyl adjacent to an activating group) is 1. The van der Waals surface area contributed by atoms with Crippen molar-refractivity contribution in [3.8, 4) is 0 Å². The standard InChI is InChI=1S/C18H18N2O2.C10H15N/c1-2-19(14-8-4-3-5-9-14)12-13-20-17(21)15-10-6-7-11-16(15)18(20)22;1-3-11(4-2)10-8-6-5-7-9-10/h3-11H,2,12-13H2,1H3;5-9H,3-4H2,1-2H3. The van der Waals surface area contributed by atoms with E-state index in [-0.39, 0.29) is 11.8 Å². The zero-order valence-electron chi connectivity index (χ0n) is 19.8. The highest BCUT2D eigenvalue weighted by Crippen LogP contribution is 2.22. The Balaban J connectivity index is 0.000000235. The van der Waals surface area contributed by atoms with Crippen molar-refractivity contribution in [3.05, 3.63) is 96.1 Å². The van der Waals surface area contributed by atoms with Gasteiger partial charge < -0.3 is 9.80 Å². The second-order valence-corrected chi connectivity index (χ2v) is 7.73. The minimum atomic E-state index is -0.190. The molecule has 0 radical (unpaired) electrons. The van der Waals surface area contributed by atoms with Gasteiger partial charge in [0.25, 0.3) is 11.8 Å². The van der Waals surface area contributed by atoms with Crippen LogP contribution in [0.15, 0.2) is 84.9 Å². The van der Waals surface area contributed by atoms with Gasteiger partial charge in [-0.15, -0.1) is 0 Å². The van der Waals surface area contributed by atoms with Crippen LogP contribution in [-0.4, -0.2) is 49.4 Å². The third-order valence-corrected chi connectivity index (χ3v) is 5.86. The van der Waals surface area contributed by atoms with Gasteiger partial charge >= 0.3 is 0 Å². The molecule has 0 aliphatic carbocycles. The first kappa shape index (κ1) is 24.1. The first-order valence-electron chi connectivity index (χ1n) is 11.7. The Kier molecular flexibility index (Phi) is 8.64. The van der Waals surface area contributed by atoms with Crippen molar-refractivity contribution in [3.63, 3.8) is 0 Å². The topological polar surface area (TPSA) is 43.9 Å². The lowest BCUT2D eigenvalue weighted by Gasteiger charge is -2.25. The number of hydrogen-bond acceptors (Lipinski definition) is 4. The van der Waals surface area contributed by atoms with Gasteiger partial charge in [0.2, 0.25) is 0 Å². The third kappa shape index (κ3) is 5.80. The molecule has 0 atom stereocenters. The number of nitrogens with zero attached hydrogens (tertiary/aromatic N) is 3. The van der Waals surface area contributed by atoms with E-state index in [1.807, 2.05) is 36.4 Å². The third-order valence-electron chi connectivity index (χ3n) is 5.86. The highest BCUT2D eigenvalue weighted by atomic mass is 16.2. The predicted octanol–water partition coefficient (Wildman–Crippen LogP) is 5.34. The molecule has 0 unspecified atom stereocenters. The Hall–Kier alpha value is -3.60. The molecule has 0 spiro atoms. The van der Waals surface area contributed by atoms with Crippen LogP contribution in [0.1, 0.15) is 41.5 Å². The lowest BCUT2D eigenvalue weighted by molar-refractivity contribution is 0.0658. The van der Waals surface area contributed by atoms with Crippen LogP contribution in [0.4, 0.5) is 11.4 Å². The van der Waals surface area contributed by atoms with Gasteiger partial charge in [0.1, 0.15) is 0 Å². The van der Waals surface area contributed by atoms with E-state index < -0.39 is 0 Å². The van der Waals surface area contributed by atoms with Crippen LogP contribution in [0.25, 0.3) is 0 Å². The van der Waals surface area contributed by atoms with E-state index >= 15 is 0 Å². The van der Waals surface area contributed by atoms with Crippen LogP contribution in [0, 0.1) is 0 Å². The summed E-state index contributed by atoms with van der Waals surface area (Å²) in [5, 5.41) is 0. The van der Waals surface area contributed by atoms with Gasteiger partial charge in [0, 0.05) is 44.1 Å². The number of hydrogen-bond donors (Lipinski definition) is 0. The molecule has 0 bridgehead atoms. The number of benzene rings is 3. The van der Waals surface area contributed by atoms with Crippen LogP contribution in [-0.2, 0) is 0 Å². The zero-order chi connectivity index (χ0) is 23.6. The molecular weight excluding hydrogens is 410 g/mol. The van der Waals surface area contributed by atoms with E-state index in [1.165, 1.54) is 10.6 Å². The summed E-state index contributed by atoms with van der Waals surface area (Å²) in [6.45, 7) is 10.4. The van der Waals surface area contributed by atoms with E-state index in [1.54, 1.807) is 24.3 Å². The van der Waals surface area contributed by atoms with E-state index in [2.05, 4.69) is 54.8 Å². The van der Waals surface area contributed by atoms with Crippen LogP contribution >= 0.6 is 0 Å². The maximum absolute atomic E-state index is 12.3.